The summed E-state index contributed by atoms with van der Waals surface area (Å²) in [5.74, 6) is 0.409. The van der Waals surface area contributed by atoms with E-state index < -0.39 is 0 Å². The summed E-state index contributed by atoms with van der Waals surface area (Å²) in [6.07, 6.45) is 1.83. The Morgan fingerprint density at radius 1 is 1.46 bits per heavy atom. The molecule has 2 rings (SSSR count). The number of hydrogen-bond acceptors (Lipinski definition) is 3. The van der Waals surface area contributed by atoms with E-state index in [2.05, 4.69) is 23.0 Å². The van der Waals surface area contributed by atoms with E-state index in [9.17, 15) is 0 Å². The van der Waals surface area contributed by atoms with Gasteiger partial charge in [-0.3, -0.25) is 4.98 Å². The van der Waals surface area contributed by atoms with Gasteiger partial charge in [0, 0.05) is 36.9 Å². The van der Waals surface area contributed by atoms with Gasteiger partial charge in [0.05, 0.1) is 0 Å². The van der Waals surface area contributed by atoms with Gasteiger partial charge in [0.15, 0.2) is 0 Å². The van der Waals surface area contributed by atoms with Crippen LogP contribution in [-0.2, 0) is 0 Å². The number of aromatic nitrogens is 1. The highest BCUT2D eigenvalue weighted by molar-refractivity contribution is 5.15. The maximum Gasteiger partial charge on any atom is 0.0463 e. The quantitative estimate of drug-likeness (QED) is 0.676. The van der Waals surface area contributed by atoms with Gasteiger partial charge in [-0.15, -0.1) is 0 Å². The average molecular weight is 177 g/mol. The lowest BCUT2D eigenvalue weighted by molar-refractivity contribution is 0.407. The fraction of sp³-hybridized carbons (Fsp3) is 0.500. The molecule has 0 radical (unpaired) electrons. The molecule has 1 aromatic rings. The van der Waals surface area contributed by atoms with Gasteiger partial charge in [-0.2, -0.15) is 0 Å². The third-order valence-electron chi connectivity index (χ3n) is 2.62. The van der Waals surface area contributed by atoms with Crippen molar-refractivity contribution in [3.63, 3.8) is 0 Å². The topological polar surface area (TPSA) is 42.1 Å². The molecule has 0 bridgehead atoms. The molecular formula is C10H15N3. The molecule has 0 saturated carbocycles. The molecule has 0 aliphatic carbocycles. The van der Waals surface area contributed by atoms with Crippen LogP contribution in [0.4, 0.5) is 0 Å². The zero-order valence-electron chi connectivity index (χ0n) is 7.85. The van der Waals surface area contributed by atoms with Gasteiger partial charge in [-0.1, -0.05) is 6.07 Å². The molecule has 2 N–H and O–H groups in total. The molecule has 0 amide bonds. The van der Waals surface area contributed by atoms with Crippen LogP contribution < -0.4 is 5.73 Å². The number of pyridine rings is 1. The van der Waals surface area contributed by atoms with Gasteiger partial charge in [-0.25, -0.2) is 0 Å². The zero-order valence-corrected chi connectivity index (χ0v) is 7.85. The van der Waals surface area contributed by atoms with Crippen molar-refractivity contribution in [1.82, 2.24) is 9.88 Å². The molecule has 1 fully saturated rings. The highest BCUT2D eigenvalue weighted by Crippen LogP contribution is 2.23. The Bertz CT molecular complexity index is 273. The Morgan fingerprint density at radius 3 is 2.85 bits per heavy atom. The first kappa shape index (κ1) is 8.66. The average Bonchev–Trinajstić information content (AvgIpc) is 2.47. The SMILES string of the molecule is CN1CC(N)C(c2ccccn2)C1. The van der Waals surface area contributed by atoms with Crippen molar-refractivity contribution < 1.29 is 0 Å². The van der Waals surface area contributed by atoms with Crippen molar-refractivity contribution in [2.24, 2.45) is 5.73 Å². The van der Waals surface area contributed by atoms with Crippen LogP contribution >= 0.6 is 0 Å². The van der Waals surface area contributed by atoms with Crippen LogP contribution in [0.15, 0.2) is 24.4 Å². The van der Waals surface area contributed by atoms with Gasteiger partial charge in [0.1, 0.15) is 0 Å². The first-order valence-electron chi connectivity index (χ1n) is 4.62. The molecule has 1 aliphatic heterocycles. The fourth-order valence-electron chi connectivity index (χ4n) is 1.94. The summed E-state index contributed by atoms with van der Waals surface area (Å²) in [5, 5.41) is 0. The minimum absolute atomic E-state index is 0.236. The maximum absolute atomic E-state index is 6.02. The minimum Gasteiger partial charge on any atom is -0.326 e. The number of nitrogens with two attached hydrogens (primary N) is 1. The number of likely N-dealkylation sites (tertiary alicyclic amines) is 1. The lowest BCUT2D eigenvalue weighted by Gasteiger charge is -2.12. The van der Waals surface area contributed by atoms with Crippen LogP contribution in [0.3, 0.4) is 0 Å². The lowest BCUT2D eigenvalue weighted by atomic mass is 10.0. The van der Waals surface area contributed by atoms with Crippen molar-refractivity contribution in [3.05, 3.63) is 30.1 Å². The van der Waals surface area contributed by atoms with Crippen LogP contribution in [0, 0.1) is 0 Å². The van der Waals surface area contributed by atoms with E-state index in [0.717, 1.165) is 18.8 Å². The summed E-state index contributed by atoms with van der Waals surface area (Å²) in [5.41, 5.74) is 7.14. The Morgan fingerprint density at radius 2 is 2.31 bits per heavy atom. The molecule has 2 heterocycles. The minimum atomic E-state index is 0.236. The molecule has 3 heteroatoms. The van der Waals surface area contributed by atoms with Gasteiger partial charge >= 0.3 is 0 Å². The second kappa shape index (κ2) is 3.44. The van der Waals surface area contributed by atoms with Crippen LogP contribution in [-0.4, -0.2) is 36.1 Å². The summed E-state index contributed by atoms with van der Waals surface area (Å²) in [4.78, 5) is 6.59. The Hall–Kier alpha value is -0.930. The number of nitrogens with zero attached hydrogens (tertiary/aromatic N) is 2. The lowest BCUT2D eigenvalue weighted by Crippen LogP contribution is -2.28. The molecule has 0 aromatic carbocycles. The van der Waals surface area contributed by atoms with Crippen LogP contribution in [0.2, 0.25) is 0 Å². The summed E-state index contributed by atoms with van der Waals surface area (Å²) in [6.45, 7) is 2.00. The van der Waals surface area contributed by atoms with Crippen LogP contribution in [0.5, 0.6) is 0 Å². The van der Waals surface area contributed by atoms with Crippen molar-refractivity contribution in [1.29, 1.82) is 0 Å². The first-order chi connectivity index (χ1) is 6.27. The van der Waals surface area contributed by atoms with E-state index in [1.807, 2.05) is 18.3 Å². The van der Waals surface area contributed by atoms with Gasteiger partial charge in [-0.05, 0) is 19.2 Å². The predicted molar refractivity (Wildman–Crippen MR) is 52.5 cm³/mol. The molecule has 2 atom stereocenters. The molecule has 13 heavy (non-hydrogen) atoms. The van der Waals surface area contributed by atoms with Gasteiger partial charge < -0.3 is 10.6 Å². The standard InChI is InChI=1S/C10H15N3/c1-13-6-8(9(11)7-13)10-4-2-3-5-12-10/h2-5,8-9H,6-7,11H2,1H3. The smallest absolute Gasteiger partial charge is 0.0463 e. The zero-order chi connectivity index (χ0) is 9.26. The largest absolute Gasteiger partial charge is 0.326 e. The summed E-state index contributed by atoms with van der Waals surface area (Å²) in [6, 6.07) is 6.25. The molecule has 3 nitrogen and oxygen atoms in total. The third-order valence-corrected chi connectivity index (χ3v) is 2.62. The van der Waals surface area contributed by atoms with E-state index in [1.54, 1.807) is 0 Å². The monoisotopic (exact) mass is 177 g/mol. The van der Waals surface area contributed by atoms with E-state index in [0.29, 0.717) is 5.92 Å². The van der Waals surface area contributed by atoms with E-state index in [4.69, 9.17) is 5.73 Å². The van der Waals surface area contributed by atoms with Crippen LogP contribution in [0.25, 0.3) is 0 Å². The molecule has 70 valence electrons. The Balaban J connectivity index is 2.18. The summed E-state index contributed by atoms with van der Waals surface area (Å²) < 4.78 is 0. The molecule has 0 spiro atoms. The summed E-state index contributed by atoms with van der Waals surface area (Å²) in [7, 11) is 2.10. The molecule has 1 aromatic heterocycles. The molecular weight excluding hydrogens is 162 g/mol. The number of hydrogen-bond donors (Lipinski definition) is 1. The van der Waals surface area contributed by atoms with Crippen molar-refractivity contribution in [3.8, 4) is 0 Å². The third kappa shape index (κ3) is 1.71. The van der Waals surface area contributed by atoms with Crippen molar-refractivity contribution in [2.75, 3.05) is 20.1 Å². The number of likely N-dealkylation sites (N-methyl/N-ethyl adjacent to an activating group) is 1. The Kier molecular flexibility index (Phi) is 2.29. The fourth-order valence-corrected chi connectivity index (χ4v) is 1.94. The van der Waals surface area contributed by atoms with Crippen molar-refractivity contribution in [2.45, 2.75) is 12.0 Å². The molecule has 1 saturated heterocycles. The maximum atomic E-state index is 6.02. The second-order valence-corrected chi connectivity index (χ2v) is 3.75. The van der Waals surface area contributed by atoms with E-state index in [-0.39, 0.29) is 6.04 Å². The van der Waals surface area contributed by atoms with Crippen LogP contribution in [0.1, 0.15) is 11.6 Å². The first-order valence-corrected chi connectivity index (χ1v) is 4.62. The van der Waals surface area contributed by atoms with E-state index >= 15 is 0 Å². The highest BCUT2D eigenvalue weighted by atomic mass is 15.1. The number of rotatable bonds is 1. The summed E-state index contributed by atoms with van der Waals surface area (Å²) >= 11 is 0. The van der Waals surface area contributed by atoms with E-state index in [1.165, 1.54) is 0 Å². The van der Waals surface area contributed by atoms with Gasteiger partial charge in [0.25, 0.3) is 0 Å². The Labute approximate surface area is 78.6 Å². The molecule has 1 aliphatic rings. The second-order valence-electron chi connectivity index (χ2n) is 3.75. The highest BCUT2D eigenvalue weighted by Gasteiger charge is 2.29. The van der Waals surface area contributed by atoms with Gasteiger partial charge in [0.2, 0.25) is 0 Å². The van der Waals surface area contributed by atoms with Crippen molar-refractivity contribution >= 4 is 0 Å². The predicted octanol–water partition coefficient (Wildman–Crippen LogP) is 0.438. The normalized spacial score (nSPS) is 29.4. The molecule has 2 unspecified atom stereocenters.